The molecule has 2 rings (SSSR count). The second kappa shape index (κ2) is 4.53. The highest BCUT2D eigenvalue weighted by atomic mass is 16.4. The second-order valence-electron chi connectivity index (χ2n) is 4.06. The van der Waals surface area contributed by atoms with Crippen molar-refractivity contribution < 1.29 is 4.42 Å². The van der Waals surface area contributed by atoms with Gasteiger partial charge < -0.3 is 10.2 Å². The van der Waals surface area contributed by atoms with Gasteiger partial charge in [0.05, 0.1) is 5.52 Å². The zero-order valence-corrected chi connectivity index (χ0v) is 9.32. The summed E-state index contributed by atoms with van der Waals surface area (Å²) in [5, 5.41) is 0. The molecular weight excluding hydrogens is 204 g/mol. The lowest BCUT2D eigenvalue weighted by Gasteiger charge is -2.11. The Hall–Kier alpha value is -1.55. The summed E-state index contributed by atoms with van der Waals surface area (Å²) in [5.74, 6) is 0.0844. The van der Waals surface area contributed by atoms with Gasteiger partial charge in [0, 0.05) is 0 Å². The van der Waals surface area contributed by atoms with E-state index in [1.807, 2.05) is 18.2 Å². The van der Waals surface area contributed by atoms with Gasteiger partial charge in [0.15, 0.2) is 5.58 Å². The van der Waals surface area contributed by atoms with Crippen LogP contribution in [0.1, 0.15) is 18.9 Å². The largest absolute Gasteiger partial charge is 0.417 e. The van der Waals surface area contributed by atoms with Crippen LogP contribution in [-0.2, 0) is 6.42 Å². The molecule has 0 spiro atoms. The Labute approximate surface area is 93.5 Å². The highest BCUT2D eigenvalue weighted by Crippen LogP contribution is 2.16. The Bertz CT molecular complexity index is 523. The molecule has 0 amide bonds. The number of rotatable bonds is 4. The SMILES string of the molecule is CCC(CN)Cc1ccc2[nH]c(=O)oc2c1. The maximum Gasteiger partial charge on any atom is 0.417 e. The van der Waals surface area contributed by atoms with Crippen LogP contribution in [0, 0.1) is 5.92 Å². The Morgan fingerprint density at radius 1 is 1.50 bits per heavy atom. The number of fused-ring (bicyclic) bond motifs is 1. The fraction of sp³-hybridized carbons (Fsp3) is 0.417. The van der Waals surface area contributed by atoms with Crippen LogP contribution >= 0.6 is 0 Å². The molecule has 0 aliphatic heterocycles. The van der Waals surface area contributed by atoms with E-state index in [0.717, 1.165) is 23.9 Å². The minimum absolute atomic E-state index is 0.405. The van der Waals surface area contributed by atoms with Gasteiger partial charge in [-0.15, -0.1) is 0 Å². The lowest BCUT2D eigenvalue weighted by atomic mass is 9.97. The van der Waals surface area contributed by atoms with E-state index in [0.29, 0.717) is 18.0 Å². The monoisotopic (exact) mass is 220 g/mol. The van der Waals surface area contributed by atoms with Gasteiger partial charge in [0.2, 0.25) is 0 Å². The van der Waals surface area contributed by atoms with Crippen LogP contribution in [0.3, 0.4) is 0 Å². The molecule has 0 saturated heterocycles. The summed E-state index contributed by atoms with van der Waals surface area (Å²) in [6.45, 7) is 2.82. The van der Waals surface area contributed by atoms with Gasteiger partial charge in [-0.2, -0.15) is 0 Å². The van der Waals surface area contributed by atoms with E-state index < -0.39 is 5.76 Å². The van der Waals surface area contributed by atoms with Crippen molar-refractivity contribution in [3.8, 4) is 0 Å². The van der Waals surface area contributed by atoms with Gasteiger partial charge in [0.25, 0.3) is 0 Å². The topological polar surface area (TPSA) is 72.0 Å². The van der Waals surface area contributed by atoms with Crippen molar-refractivity contribution in [2.24, 2.45) is 11.7 Å². The highest BCUT2D eigenvalue weighted by molar-refractivity contribution is 5.72. The number of nitrogens with two attached hydrogens (primary N) is 1. The van der Waals surface area contributed by atoms with E-state index >= 15 is 0 Å². The third-order valence-electron chi connectivity index (χ3n) is 2.92. The summed E-state index contributed by atoms with van der Waals surface area (Å²) >= 11 is 0. The fourth-order valence-corrected chi connectivity index (χ4v) is 1.84. The van der Waals surface area contributed by atoms with E-state index in [-0.39, 0.29) is 0 Å². The minimum Gasteiger partial charge on any atom is -0.408 e. The summed E-state index contributed by atoms with van der Waals surface area (Å²) < 4.78 is 5.02. The van der Waals surface area contributed by atoms with Crippen LogP contribution in [0.15, 0.2) is 27.4 Å². The predicted molar refractivity (Wildman–Crippen MR) is 63.4 cm³/mol. The fourth-order valence-electron chi connectivity index (χ4n) is 1.84. The molecule has 1 unspecified atom stereocenters. The number of H-pyrrole nitrogens is 1. The van der Waals surface area contributed by atoms with Crippen LogP contribution in [0.5, 0.6) is 0 Å². The Balaban J connectivity index is 2.28. The molecule has 1 aromatic carbocycles. The summed E-state index contributed by atoms with van der Waals surface area (Å²) in [6.07, 6.45) is 1.99. The molecule has 1 atom stereocenters. The van der Waals surface area contributed by atoms with Crippen LogP contribution in [0.2, 0.25) is 0 Å². The molecule has 4 nitrogen and oxygen atoms in total. The van der Waals surface area contributed by atoms with Gasteiger partial charge in [0.1, 0.15) is 0 Å². The minimum atomic E-state index is -0.405. The molecule has 0 aliphatic carbocycles. The molecule has 0 saturated carbocycles. The van der Waals surface area contributed by atoms with Crippen LogP contribution in [0.4, 0.5) is 0 Å². The molecule has 3 N–H and O–H groups in total. The van der Waals surface area contributed by atoms with Crippen molar-refractivity contribution in [2.75, 3.05) is 6.54 Å². The third kappa shape index (κ3) is 2.17. The molecule has 0 aliphatic rings. The number of oxazole rings is 1. The van der Waals surface area contributed by atoms with Crippen molar-refractivity contribution in [1.29, 1.82) is 0 Å². The first-order chi connectivity index (χ1) is 7.72. The number of hydrogen-bond acceptors (Lipinski definition) is 3. The molecule has 0 radical (unpaired) electrons. The zero-order chi connectivity index (χ0) is 11.5. The first kappa shape index (κ1) is 11.0. The Kier molecular flexibility index (Phi) is 3.10. The molecule has 1 aromatic heterocycles. The second-order valence-corrected chi connectivity index (χ2v) is 4.06. The van der Waals surface area contributed by atoms with Gasteiger partial charge in [-0.3, -0.25) is 4.98 Å². The average molecular weight is 220 g/mol. The normalized spacial score (nSPS) is 13.1. The van der Waals surface area contributed by atoms with Gasteiger partial charge in [-0.05, 0) is 36.6 Å². The van der Waals surface area contributed by atoms with Crippen molar-refractivity contribution in [3.63, 3.8) is 0 Å². The molecule has 4 heteroatoms. The van der Waals surface area contributed by atoms with Crippen molar-refractivity contribution in [3.05, 3.63) is 34.3 Å². The maximum atomic E-state index is 11.0. The number of hydrogen-bond donors (Lipinski definition) is 2. The lowest BCUT2D eigenvalue weighted by Crippen LogP contribution is -2.15. The smallest absolute Gasteiger partial charge is 0.408 e. The first-order valence-electron chi connectivity index (χ1n) is 5.54. The molecule has 1 heterocycles. The molecule has 86 valence electrons. The van der Waals surface area contributed by atoms with Gasteiger partial charge in [-0.1, -0.05) is 19.4 Å². The van der Waals surface area contributed by atoms with Gasteiger partial charge >= 0.3 is 5.76 Å². The van der Waals surface area contributed by atoms with Crippen molar-refractivity contribution in [2.45, 2.75) is 19.8 Å². The van der Waals surface area contributed by atoms with Gasteiger partial charge in [-0.25, -0.2) is 4.79 Å². The van der Waals surface area contributed by atoms with Crippen LogP contribution in [0.25, 0.3) is 11.1 Å². The summed E-state index contributed by atoms with van der Waals surface area (Å²) in [5.41, 5.74) is 8.19. The summed E-state index contributed by atoms with van der Waals surface area (Å²) in [4.78, 5) is 13.6. The first-order valence-corrected chi connectivity index (χ1v) is 5.54. The number of aromatic amines is 1. The maximum absolute atomic E-state index is 11.0. The average Bonchev–Trinajstić information content (AvgIpc) is 2.65. The molecule has 2 aromatic rings. The quantitative estimate of drug-likeness (QED) is 0.822. The lowest BCUT2D eigenvalue weighted by molar-refractivity contribution is 0.517. The van der Waals surface area contributed by atoms with E-state index in [1.54, 1.807) is 0 Å². The Morgan fingerprint density at radius 3 is 3.00 bits per heavy atom. The third-order valence-corrected chi connectivity index (χ3v) is 2.92. The van der Waals surface area contributed by atoms with E-state index in [4.69, 9.17) is 10.2 Å². The van der Waals surface area contributed by atoms with Crippen LogP contribution < -0.4 is 11.5 Å². The molecular formula is C12H16N2O2. The van der Waals surface area contributed by atoms with E-state index in [1.165, 1.54) is 0 Å². The van der Waals surface area contributed by atoms with Crippen LogP contribution in [-0.4, -0.2) is 11.5 Å². The number of benzene rings is 1. The predicted octanol–water partition coefficient (Wildman–Crippen LogP) is 1.65. The van der Waals surface area contributed by atoms with Crippen molar-refractivity contribution in [1.82, 2.24) is 4.98 Å². The standard InChI is InChI=1S/C12H16N2O2/c1-2-8(7-13)5-9-3-4-10-11(6-9)16-12(15)14-10/h3-4,6,8H,2,5,7,13H2,1H3,(H,14,15). The molecule has 16 heavy (non-hydrogen) atoms. The summed E-state index contributed by atoms with van der Waals surface area (Å²) in [7, 11) is 0. The number of nitrogens with one attached hydrogen (secondary N) is 1. The van der Waals surface area contributed by atoms with Crippen molar-refractivity contribution >= 4 is 11.1 Å². The molecule has 0 fully saturated rings. The van der Waals surface area contributed by atoms with E-state index in [2.05, 4.69) is 11.9 Å². The van der Waals surface area contributed by atoms with E-state index in [9.17, 15) is 4.79 Å². The summed E-state index contributed by atoms with van der Waals surface area (Å²) in [6, 6.07) is 5.79. The zero-order valence-electron chi connectivity index (χ0n) is 9.32. The number of aromatic nitrogens is 1. The highest BCUT2D eigenvalue weighted by Gasteiger charge is 2.07. The Morgan fingerprint density at radius 2 is 2.31 bits per heavy atom. The molecule has 0 bridgehead atoms.